The molecule has 4 heteroatoms. The van der Waals surface area contributed by atoms with Crippen LogP contribution >= 0.6 is 0 Å². The lowest BCUT2D eigenvalue weighted by Gasteiger charge is -2.09. The topological polar surface area (TPSA) is 62.3 Å². The summed E-state index contributed by atoms with van der Waals surface area (Å²) in [7, 11) is 1.61. The Hall–Kier alpha value is -1.97. The SMILES string of the molecule is COc1cc(C(C)C)c2[nH]c(C(=O)O)cc2c1. The highest BCUT2D eigenvalue weighted by Crippen LogP contribution is 2.30. The number of aromatic nitrogens is 1. The molecule has 2 rings (SSSR count). The molecule has 0 aliphatic rings. The Morgan fingerprint density at radius 1 is 1.35 bits per heavy atom. The van der Waals surface area contributed by atoms with Gasteiger partial charge in [0.15, 0.2) is 0 Å². The maximum atomic E-state index is 10.9. The summed E-state index contributed by atoms with van der Waals surface area (Å²) in [5, 5.41) is 9.85. The third-order valence-corrected chi connectivity index (χ3v) is 2.82. The Labute approximate surface area is 99.2 Å². The standard InChI is InChI=1S/C13H15NO3/c1-7(2)10-6-9(17-3)4-8-5-11(13(15)16)14-12(8)10/h4-7,14H,1-3H3,(H,15,16). The normalized spacial score (nSPS) is 11.1. The van der Waals surface area contributed by atoms with E-state index < -0.39 is 5.97 Å². The molecule has 4 nitrogen and oxygen atoms in total. The van der Waals surface area contributed by atoms with Gasteiger partial charge in [0.2, 0.25) is 0 Å². The van der Waals surface area contributed by atoms with Crippen LogP contribution in [0.15, 0.2) is 18.2 Å². The van der Waals surface area contributed by atoms with Crippen molar-refractivity contribution in [3.63, 3.8) is 0 Å². The number of nitrogens with one attached hydrogen (secondary N) is 1. The maximum absolute atomic E-state index is 10.9. The van der Waals surface area contributed by atoms with Gasteiger partial charge < -0.3 is 14.8 Å². The van der Waals surface area contributed by atoms with Crippen molar-refractivity contribution in [1.29, 1.82) is 0 Å². The number of carbonyl (C=O) groups is 1. The van der Waals surface area contributed by atoms with Crippen LogP contribution in [0.25, 0.3) is 10.9 Å². The smallest absolute Gasteiger partial charge is 0.352 e. The van der Waals surface area contributed by atoms with Crippen LogP contribution in [-0.4, -0.2) is 23.2 Å². The van der Waals surface area contributed by atoms with Crippen molar-refractivity contribution in [2.24, 2.45) is 0 Å². The Morgan fingerprint density at radius 2 is 2.06 bits per heavy atom. The lowest BCUT2D eigenvalue weighted by molar-refractivity contribution is 0.0691. The van der Waals surface area contributed by atoms with Gasteiger partial charge in [-0.25, -0.2) is 4.79 Å². The molecule has 0 aliphatic heterocycles. The first-order valence-electron chi connectivity index (χ1n) is 5.47. The van der Waals surface area contributed by atoms with Crippen LogP contribution in [0.4, 0.5) is 0 Å². The van der Waals surface area contributed by atoms with E-state index in [9.17, 15) is 4.79 Å². The molecular formula is C13H15NO3. The van der Waals surface area contributed by atoms with Gasteiger partial charge in [-0.2, -0.15) is 0 Å². The highest BCUT2D eigenvalue weighted by molar-refractivity contribution is 5.95. The number of aromatic carboxylic acids is 1. The Morgan fingerprint density at radius 3 is 2.59 bits per heavy atom. The summed E-state index contributed by atoms with van der Waals surface area (Å²) >= 11 is 0. The summed E-state index contributed by atoms with van der Waals surface area (Å²) in [6, 6.07) is 5.41. The van der Waals surface area contributed by atoms with E-state index in [2.05, 4.69) is 18.8 Å². The molecule has 1 aromatic heterocycles. The van der Waals surface area contributed by atoms with Gasteiger partial charge >= 0.3 is 5.97 Å². The minimum atomic E-state index is -0.949. The molecule has 0 radical (unpaired) electrons. The molecule has 0 aliphatic carbocycles. The van der Waals surface area contributed by atoms with Gasteiger partial charge in [-0.1, -0.05) is 13.8 Å². The fourth-order valence-electron chi connectivity index (χ4n) is 1.93. The van der Waals surface area contributed by atoms with E-state index in [1.165, 1.54) is 0 Å². The van der Waals surface area contributed by atoms with E-state index in [1.807, 2.05) is 12.1 Å². The molecule has 0 unspecified atom stereocenters. The first-order chi connectivity index (χ1) is 8.02. The van der Waals surface area contributed by atoms with Crippen LogP contribution < -0.4 is 4.74 Å². The fraction of sp³-hybridized carbons (Fsp3) is 0.308. The van der Waals surface area contributed by atoms with E-state index in [0.29, 0.717) is 5.92 Å². The van der Waals surface area contributed by atoms with E-state index >= 15 is 0 Å². The summed E-state index contributed by atoms with van der Waals surface area (Å²) in [6.45, 7) is 4.13. The van der Waals surface area contributed by atoms with Crippen molar-refractivity contribution < 1.29 is 14.6 Å². The van der Waals surface area contributed by atoms with Crippen LogP contribution in [0.5, 0.6) is 5.75 Å². The Balaban J connectivity index is 2.72. The molecule has 0 amide bonds. The molecule has 0 atom stereocenters. The van der Waals surface area contributed by atoms with E-state index in [0.717, 1.165) is 22.2 Å². The van der Waals surface area contributed by atoms with Crippen LogP contribution in [0.3, 0.4) is 0 Å². The second kappa shape index (κ2) is 4.13. The van der Waals surface area contributed by atoms with Gasteiger partial charge in [0, 0.05) is 10.9 Å². The monoisotopic (exact) mass is 233 g/mol. The molecule has 1 heterocycles. The lowest BCUT2D eigenvalue weighted by atomic mass is 10.0. The number of fused-ring (bicyclic) bond motifs is 1. The van der Waals surface area contributed by atoms with Gasteiger partial charge in [0.1, 0.15) is 11.4 Å². The summed E-state index contributed by atoms with van der Waals surface area (Å²) in [5.74, 6) is 0.0971. The number of carboxylic acids is 1. The Bertz CT molecular complexity index is 569. The average Bonchev–Trinajstić information content (AvgIpc) is 2.70. The summed E-state index contributed by atoms with van der Waals surface area (Å²) in [5.41, 5.74) is 2.14. The number of hydrogen-bond acceptors (Lipinski definition) is 2. The van der Waals surface area contributed by atoms with Crippen molar-refractivity contribution in [1.82, 2.24) is 4.98 Å². The molecule has 17 heavy (non-hydrogen) atoms. The second-order valence-electron chi connectivity index (χ2n) is 4.32. The number of benzene rings is 1. The predicted octanol–water partition coefficient (Wildman–Crippen LogP) is 3.00. The summed E-state index contributed by atoms with van der Waals surface area (Å²) in [4.78, 5) is 13.9. The highest BCUT2D eigenvalue weighted by Gasteiger charge is 2.13. The van der Waals surface area contributed by atoms with Gasteiger partial charge in [-0.05, 0) is 29.7 Å². The molecule has 0 saturated carbocycles. The quantitative estimate of drug-likeness (QED) is 0.856. The Kier molecular flexibility index (Phi) is 2.79. The van der Waals surface area contributed by atoms with E-state index in [-0.39, 0.29) is 5.69 Å². The maximum Gasteiger partial charge on any atom is 0.352 e. The number of rotatable bonds is 3. The molecule has 2 aromatic rings. The largest absolute Gasteiger partial charge is 0.497 e. The first kappa shape index (κ1) is 11.5. The van der Waals surface area contributed by atoms with E-state index in [1.54, 1.807) is 13.2 Å². The molecular weight excluding hydrogens is 218 g/mol. The minimum Gasteiger partial charge on any atom is -0.497 e. The molecule has 0 bridgehead atoms. The average molecular weight is 233 g/mol. The van der Waals surface area contributed by atoms with Crippen molar-refractivity contribution in [2.45, 2.75) is 19.8 Å². The third-order valence-electron chi connectivity index (χ3n) is 2.82. The first-order valence-corrected chi connectivity index (χ1v) is 5.47. The van der Waals surface area contributed by atoms with Crippen LogP contribution in [0.1, 0.15) is 35.8 Å². The van der Waals surface area contributed by atoms with Crippen LogP contribution in [0.2, 0.25) is 0 Å². The number of ether oxygens (including phenoxy) is 1. The molecule has 1 aromatic carbocycles. The third kappa shape index (κ3) is 1.98. The van der Waals surface area contributed by atoms with Crippen molar-refractivity contribution in [3.05, 3.63) is 29.5 Å². The zero-order valence-corrected chi connectivity index (χ0v) is 10.1. The highest BCUT2D eigenvalue weighted by atomic mass is 16.5. The molecule has 0 saturated heterocycles. The number of aromatic amines is 1. The predicted molar refractivity (Wildman–Crippen MR) is 65.9 cm³/mol. The molecule has 90 valence electrons. The van der Waals surface area contributed by atoms with Crippen molar-refractivity contribution in [3.8, 4) is 5.75 Å². The number of methoxy groups -OCH3 is 1. The number of carboxylic acid groups (broad SMARTS) is 1. The zero-order valence-electron chi connectivity index (χ0n) is 10.1. The molecule has 2 N–H and O–H groups in total. The number of hydrogen-bond donors (Lipinski definition) is 2. The van der Waals surface area contributed by atoms with Crippen molar-refractivity contribution >= 4 is 16.9 Å². The summed E-state index contributed by atoms with van der Waals surface area (Å²) in [6.07, 6.45) is 0. The number of H-pyrrole nitrogens is 1. The van der Waals surface area contributed by atoms with E-state index in [4.69, 9.17) is 9.84 Å². The van der Waals surface area contributed by atoms with Gasteiger partial charge in [-0.15, -0.1) is 0 Å². The summed E-state index contributed by atoms with van der Waals surface area (Å²) < 4.78 is 5.22. The van der Waals surface area contributed by atoms with Crippen molar-refractivity contribution in [2.75, 3.05) is 7.11 Å². The fourth-order valence-corrected chi connectivity index (χ4v) is 1.93. The lowest BCUT2D eigenvalue weighted by Crippen LogP contribution is -1.96. The van der Waals surface area contributed by atoms with Crippen LogP contribution in [-0.2, 0) is 0 Å². The molecule has 0 fully saturated rings. The molecule has 0 spiro atoms. The van der Waals surface area contributed by atoms with Crippen LogP contribution in [0, 0.1) is 0 Å². The second-order valence-corrected chi connectivity index (χ2v) is 4.32. The van der Waals surface area contributed by atoms with Gasteiger partial charge in [0.25, 0.3) is 0 Å². The van der Waals surface area contributed by atoms with Gasteiger partial charge in [-0.3, -0.25) is 0 Å². The minimum absolute atomic E-state index is 0.204. The van der Waals surface area contributed by atoms with Gasteiger partial charge in [0.05, 0.1) is 7.11 Å². The zero-order chi connectivity index (χ0) is 12.6.